The van der Waals surface area contributed by atoms with Crippen molar-refractivity contribution < 1.29 is 0 Å². The molecule has 0 spiro atoms. The first-order valence-electron chi connectivity index (χ1n) is 8.40. The highest BCUT2D eigenvalue weighted by Gasteiger charge is 2.34. The first kappa shape index (κ1) is 12.9. The molecule has 2 nitrogen and oxygen atoms in total. The van der Waals surface area contributed by atoms with Crippen LogP contribution >= 0.6 is 0 Å². The van der Waals surface area contributed by atoms with Crippen molar-refractivity contribution in [1.29, 1.82) is 0 Å². The van der Waals surface area contributed by atoms with Gasteiger partial charge in [0.15, 0.2) is 0 Å². The van der Waals surface area contributed by atoms with E-state index in [0.717, 1.165) is 23.9 Å². The van der Waals surface area contributed by atoms with Gasteiger partial charge in [-0.3, -0.25) is 0 Å². The molecule has 2 N–H and O–H groups in total. The largest absolute Gasteiger partial charge is 0.314 e. The van der Waals surface area contributed by atoms with Crippen molar-refractivity contribution in [3.8, 4) is 0 Å². The molecule has 3 atom stereocenters. The molecule has 2 saturated carbocycles. The van der Waals surface area contributed by atoms with Crippen molar-refractivity contribution in [2.45, 2.75) is 76.3 Å². The van der Waals surface area contributed by atoms with Gasteiger partial charge in [-0.15, -0.1) is 0 Å². The average Bonchev–Trinajstić information content (AvgIpc) is 3.12. The molecule has 1 saturated heterocycles. The molecule has 3 aliphatic rings. The van der Waals surface area contributed by atoms with Gasteiger partial charge in [-0.1, -0.05) is 32.1 Å². The number of nitrogens with one attached hydrogen (secondary N) is 2. The Bertz CT molecular complexity index is 241. The third kappa shape index (κ3) is 3.08. The lowest BCUT2D eigenvalue weighted by Gasteiger charge is -2.27. The van der Waals surface area contributed by atoms with Crippen molar-refractivity contribution in [3.63, 3.8) is 0 Å². The average molecular weight is 250 g/mol. The van der Waals surface area contributed by atoms with Gasteiger partial charge in [-0.05, 0) is 57.0 Å². The minimum absolute atomic E-state index is 0.821. The topological polar surface area (TPSA) is 24.1 Å². The fourth-order valence-corrected chi connectivity index (χ4v) is 4.57. The van der Waals surface area contributed by atoms with E-state index in [2.05, 4.69) is 10.6 Å². The molecule has 1 heterocycles. The summed E-state index contributed by atoms with van der Waals surface area (Å²) in [4.78, 5) is 0. The van der Waals surface area contributed by atoms with Crippen molar-refractivity contribution in [2.24, 2.45) is 11.8 Å². The third-order valence-corrected chi connectivity index (χ3v) is 5.62. The molecule has 2 aliphatic carbocycles. The quantitative estimate of drug-likeness (QED) is 0.783. The molecular weight excluding hydrogens is 220 g/mol. The second kappa shape index (κ2) is 6.38. The van der Waals surface area contributed by atoms with E-state index in [4.69, 9.17) is 0 Å². The second-order valence-electron chi connectivity index (χ2n) is 6.80. The first-order chi connectivity index (χ1) is 8.93. The summed E-state index contributed by atoms with van der Waals surface area (Å²) < 4.78 is 0. The van der Waals surface area contributed by atoms with E-state index in [1.165, 1.54) is 77.3 Å². The molecule has 0 amide bonds. The second-order valence-corrected chi connectivity index (χ2v) is 6.80. The Kier molecular flexibility index (Phi) is 4.58. The van der Waals surface area contributed by atoms with Crippen LogP contribution in [0.25, 0.3) is 0 Å². The molecule has 0 bridgehead atoms. The van der Waals surface area contributed by atoms with E-state index in [9.17, 15) is 0 Å². The Balaban J connectivity index is 1.40. The zero-order valence-electron chi connectivity index (χ0n) is 11.8. The molecule has 0 radical (unpaired) electrons. The van der Waals surface area contributed by atoms with Gasteiger partial charge in [0.05, 0.1) is 0 Å². The first-order valence-corrected chi connectivity index (χ1v) is 8.40. The van der Waals surface area contributed by atoms with Crippen LogP contribution in [0.1, 0.15) is 64.2 Å². The van der Waals surface area contributed by atoms with Gasteiger partial charge in [0.2, 0.25) is 0 Å². The van der Waals surface area contributed by atoms with E-state index in [-0.39, 0.29) is 0 Å². The predicted molar refractivity (Wildman–Crippen MR) is 76.7 cm³/mol. The van der Waals surface area contributed by atoms with Crippen molar-refractivity contribution in [3.05, 3.63) is 0 Å². The molecular formula is C16H30N2. The highest BCUT2D eigenvalue weighted by atomic mass is 15.0. The lowest BCUT2D eigenvalue weighted by Crippen LogP contribution is -2.42. The lowest BCUT2D eigenvalue weighted by atomic mass is 9.93. The van der Waals surface area contributed by atoms with Crippen LogP contribution in [0.3, 0.4) is 0 Å². The summed E-state index contributed by atoms with van der Waals surface area (Å²) in [5, 5.41) is 7.62. The smallest absolute Gasteiger partial charge is 0.0111 e. The van der Waals surface area contributed by atoms with Crippen LogP contribution in [0.15, 0.2) is 0 Å². The molecule has 1 aliphatic heterocycles. The van der Waals surface area contributed by atoms with Gasteiger partial charge in [0, 0.05) is 12.1 Å². The summed E-state index contributed by atoms with van der Waals surface area (Å²) in [6.45, 7) is 2.54. The normalized spacial score (nSPS) is 37.7. The number of hydrogen-bond donors (Lipinski definition) is 2. The Morgan fingerprint density at radius 2 is 1.78 bits per heavy atom. The lowest BCUT2D eigenvalue weighted by molar-refractivity contribution is 0.313. The molecule has 3 unspecified atom stereocenters. The van der Waals surface area contributed by atoms with Gasteiger partial charge in [-0.2, -0.15) is 0 Å². The minimum atomic E-state index is 0.821. The maximum atomic E-state index is 3.90. The molecule has 104 valence electrons. The van der Waals surface area contributed by atoms with Crippen molar-refractivity contribution in [2.75, 3.05) is 13.1 Å². The standard InChI is InChI=1S/C16H30N2/c1-2-6-13(5-1)10-12-18-15-8-3-7-14(15)16-9-4-11-17-16/h13-18H,1-12H2. The molecule has 3 fully saturated rings. The van der Waals surface area contributed by atoms with Crippen LogP contribution in [0.2, 0.25) is 0 Å². The van der Waals surface area contributed by atoms with E-state index >= 15 is 0 Å². The molecule has 2 heteroatoms. The van der Waals surface area contributed by atoms with Crippen LogP contribution in [0, 0.1) is 11.8 Å². The van der Waals surface area contributed by atoms with Gasteiger partial charge in [0.25, 0.3) is 0 Å². The van der Waals surface area contributed by atoms with E-state index in [1.807, 2.05) is 0 Å². The fourth-order valence-electron chi connectivity index (χ4n) is 4.57. The summed E-state index contributed by atoms with van der Waals surface area (Å²) in [6, 6.07) is 1.65. The minimum Gasteiger partial charge on any atom is -0.314 e. The number of rotatable bonds is 5. The van der Waals surface area contributed by atoms with Crippen LogP contribution < -0.4 is 10.6 Å². The molecule has 3 rings (SSSR count). The maximum absolute atomic E-state index is 3.90. The van der Waals surface area contributed by atoms with Gasteiger partial charge in [-0.25, -0.2) is 0 Å². The number of hydrogen-bond acceptors (Lipinski definition) is 2. The summed E-state index contributed by atoms with van der Waals surface area (Å²) >= 11 is 0. The zero-order valence-corrected chi connectivity index (χ0v) is 11.8. The third-order valence-electron chi connectivity index (χ3n) is 5.62. The molecule has 0 aromatic rings. The zero-order chi connectivity index (χ0) is 12.2. The van der Waals surface area contributed by atoms with Crippen LogP contribution in [0.4, 0.5) is 0 Å². The van der Waals surface area contributed by atoms with Gasteiger partial charge in [0.1, 0.15) is 0 Å². The monoisotopic (exact) mass is 250 g/mol. The van der Waals surface area contributed by atoms with Gasteiger partial charge >= 0.3 is 0 Å². The van der Waals surface area contributed by atoms with Gasteiger partial charge < -0.3 is 10.6 Å². The summed E-state index contributed by atoms with van der Waals surface area (Å²) in [5.41, 5.74) is 0. The van der Waals surface area contributed by atoms with E-state index < -0.39 is 0 Å². The Labute approximate surface area is 112 Å². The molecule has 18 heavy (non-hydrogen) atoms. The predicted octanol–water partition coefficient (Wildman–Crippen LogP) is 3.08. The Morgan fingerprint density at radius 3 is 2.56 bits per heavy atom. The highest BCUT2D eigenvalue weighted by molar-refractivity contribution is 4.93. The van der Waals surface area contributed by atoms with Crippen molar-refractivity contribution >= 4 is 0 Å². The van der Waals surface area contributed by atoms with Crippen LogP contribution in [-0.4, -0.2) is 25.2 Å². The summed E-state index contributed by atoms with van der Waals surface area (Å²) in [6.07, 6.45) is 14.6. The Morgan fingerprint density at radius 1 is 0.889 bits per heavy atom. The summed E-state index contributed by atoms with van der Waals surface area (Å²) in [5.74, 6) is 1.97. The Hall–Kier alpha value is -0.0800. The highest BCUT2D eigenvalue weighted by Crippen LogP contribution is 2.32. The fraction of sp³-hybridized carbons (Fsp3) is 1.00. The SMILES string of the molecule is C1CCC(CCNC2CCCC2C2CCCN2)C1. The van der Waals surface area contributed by atoms with E-state index in [1.54, 1.807) is 0 Å². The maximum Gasteiger partial charge on any atom is 0.0111 e. The molecule has 0 aromatic heterocycles. The van der Waals surface area contributed by atoms with Crippen molar-refractivity contribution in [1.82, 2.24) is 10.6 Å². The van der Waals surface area contributed by atoms with Crippen LogP contribution in [0.5, 0.6) is 0 Å². The van der Waals surface area contributed by atoms with E-state index in [0.29, 0.717) is 0 Å². The molecule has 0 aromatic carbocycles. The van der Waals surface area contributed by atoms with Crippen LogP contribution in [-0.2, 0) is 0 Å². The summed E-state index contributed by atoms with van der Waals surface area (Å²) in [7, 11) is 0.